The van der Waals surface area contributed by atoms with Crippen molar-refractivity contribution >= 4 is 40.8 Å². The van der Waals surface area contributed by atoms with Crippen molar-refractivity contribution in [2.24, 2.45) is 0 Å². The number of ether oxygens (including phenoxy) is 5. The van der Waals surface area contributed by atoms with Crippen molar-refractivity contribution in [1.82, 2.24) is 0 Å². The molecule has 0 saturated carbocycles. The number of carbonyl (C=O) groups excluding carboxylic acids is 2. The van der Waals surface area contributed by atoms with Crippen molar-refractivity contribution in [1.29, 1.82) is 0 Å². The Kier molecular flexibility index (Phi) is 8.44. The van der Waals surface area contributed by atoms with Crippen LogP contribution in [0.15, 0.2) is 30.3 Å². The summed E-state index contributed by atoms with van der Waals surface area (Å²) in [6, 6.07) is 7.70. The summed E-state index contributed by atoms with van der Waals surface area (Å²) in [6.45, 7) is 0.960. The topological polar surface area (TPSA) is 92.3 Å². The summed E-state index contributed by atoms with van der Waals surface area (Å²) in [5.41, 5.74) is 0.378. The molecule has 0 aromatic heterocycles. The molecule has 2 aromatic rings. The maximum absolute atomic E-state index is 12.2. The lowest BCUT2D eigenvalue weighted by molar-refractivity contribution is -0.153. The van der Waals surface area contributed by atoms with Gasteiger partial charge in [-0.3, -0.25) is 4.79 Å². The van der Waals surface area contributed by atoms with Gasteiger partial charge in [0.25, 0.3) is 5.91 Å². The Labute approximate surface area is 183 Å². The van der Waals surface area contributed by atoms with Crippen LogP contribution in [0.25, 0.3) is 0 Å². The molecular weight excluding hydrogens is 437 g/mol. The van der Waals surface area contributed by atoms with Crippen molar-refractivity contribution < 1.29 is 33.3 Å². The highest BCUT2D eigenvalue weighted by atomic mass is 35.5. The van der Waals surface area contributed by atoms with E-state index in [1.807, 2.05) is 0 Å². The normalized spacial score (nSPS) is 11.3. The number of rotatable bonds is 9. The van der Waals surface area contributed by atoms with Crippen molar-refractivity contribution in [2.45, 2.75) is 13.0 Å². The standard InChI is InChI=1S/C20H21Cl2NO7/c1-11(30-15-6-5-12(21)7-14(15)22)20(25)29-10-18(24)23-13-8-16(26-2)19(28-4)17(9-13)27-3/h5-9,11H,10H2,1-4H3,(H,23,24). The van der Waals surface area contributed by atoms with Crippen LogP contribution < -0.4 is 24.3 Å². The second-order valence-electron chi connectivity index (χ2n) is 5.90. The second kappa shape index (κ2) is 10.8. The van der Waals surface area contributed by atoms with Gasteiger partial charge in [0.2, 0.25) is 5.75 Å². The minimum atomic E-state index is -0.988. The Morgan fingerprint density at radius 2 is 1.60 bits per heavy atom. The van der Waals surface area contributed by atoms with Gasteiger partial charge in [-0.1, -0.05) is 23.2 Å². The number of esters is 1. The molecule has 0 spiro atoms. The van der Waals surface area contributed by atoms with Gasteiger partial charge in [0.1, 0.15) is 5.75 Å². The summed E-state index contributed by atoms with van der Waals surface area (Å²) in [4.78, 5) is 24.3. The molecular formula is C20H21Cl2NO7. The summed E-state index contributed by atoms with van der Waals surface area (Å²) in [5.74, 6) is 0.0936. The van der Waals surface area contributed by atoms with Gasteiger partial charge in [-0.25, -0.2) is 4.79 Å². The molecule has 2 rings (SSSR count). The van der Waals surface area contributed by atoms with Crippen LogP contribution in [0.4, 0.5) is 5.69 Å². The van der Waals surface area contributed by atoms with E-state index in [1.165, 1.54) is 40.4 Å². The maximum Gasteiger partial charge on any atom is 0.347 e. The molecule has 0 bridgehead atoms. The number of nitrogens with one attached hydrogen (secondary N) is 1. The lowest BCUT2D eigenvalue weighted by atomic mass is 10.2. The zero-order valence-corrected chi connectivity index (χ0v) is 18.3. The predicted octanol–water partition coefficient (Wildman–Crippen LogP) is 3.97. The second-order valence-corrected chi connectivity index (χ2v) is 6.75. The average Bonchev–Trinajstić information content (AvgIpc) is 2.72. The fourth-order valence-corrected chi connectivity index (χ4v) is 2.87. The minimum absolute atomic E-state index is 0.252. The number of amides is 1. The van der Waals surface area contributed by atoms with Gasteiger partial charge in [0.05, 0.1) is 26.4 Å². The average molecular weight is 458 g/mol. The zero-order valence-electron chi connectivity index (χ0n) is 16.8. The van der Waals surface area contributed by atoms with Crippen molar-refractivity contribution in [3.8, 4) is 23.0 Å². The van der Waals surface area contributed by atoms with Crippen LogP contribution in [0, 0.1) is 0 Å². The predicted molar refractivity (Wildman–Crippen MR) is 112 cm³/mol. The van der Waals surface area contributed by atoms with Gasteiger partial charge in [0, 0.05) is 22.8 Å². The molecule has 0 heterocycles. The SMILES string of the molecule is COc1cc(NC(=O)COC(=O)C(C)Oc2ccc(Cl)cc2Cl)cc(OC)c1OC. The molecule has 10 heteroatoms. The smallest absolute Gasteiger partial charge is 0.347 e. The Morgan fingerprint density at radius 3 is 2.13 bits per heavy atom. The van der Waals surface area contributed by atoms with E-state index in [1.54, 1.807) is 18.2 Å². The number of hydrogen-bond acceptors (Lipinski definition) is 7. The highest BCUT2D eigenvalue weighted by Crippen LogP contribution is 2.39. The quantitative estimate of drug-likeness (QED) is 0.569. The molecule has 0 saturated heterocycles. The summed E-state index contributed by atoms with van der Waals surface area (Å²) in [6.07, 6.45) is -0.988. The third-order valence-electron chi connectivity index (χ3n) is 3.82. The number of benzene rings is 2. The highest BCUT2D eigenvalue weighted by molar-refractivity contribution is 6.35. The highest BCUT2D eigenvalue weighted by Gasteiger charge is 2.20. The lowest BCUT2D eigenvalue weighted by Crippen LogP contribution is -2.29. The third kappa shape index (κ3) is 6.08. The molecule has 8 nitrogen and oxygen atoms in total. The van der Waals surface area contributed by atoms with E-state index in [-0.39, 0.29) is 10.8 Å². The Balaban J connectivity index is 1.94. The largest absolute Gasteiger partial charge is 0.493 e. The molecule has 0 aliphatic heterocycles. The first-order valence-corrected chi connectivity index (χ1v) is 9.42. The van der Waals surface area contributed by atoms with Crippen LogP contribution in [0.5, 0.6) is 23.0 Å². The van der Waals surface area contributed by atoms with Gasteiger partial charge >= 0.3 is 5.97 Å². The van der Waals surface area contributed by atoms with Gasteiger partial charge in [-0.2, -0.15) is 0 Å². The monoisotopic (exact) mass is 457 g/mol. The van der Waals surface area contributed by atoms with Crippen molar-refractivity contribution in [3.63, 3.8) is 0 Å². The first-order chi connectivity index (χ1) is 14.3. The fourth-order valence-electron chi connectivity index (χ4n) is 2.41. The van der Waals surface area contributed by atoms with E-state index >= 15 is 0 Å². The first-order valence-electron chi connectivity index (χ1n) is 8.67. The molecule has 1 N–H and O–H groups in total. The number of hydrogen-bond donors (Lipinski definition) is 1. The van der Waals surface area contributed by atoms with Crippen LogP contribution in [-0.4, -0.2) is 45.9 Å². The molecule has 1 unspecified atom stereocenters. The van der Waals surface area contributed by atoms with E-state index in [4.69, 9.17) is 46.9 Å². The van der Waals surface area contributed by atoms with E-state index in [9.17, 15) is 9.59 Å². The van der Waals surface area contributed by atoms with E-state index in [0.717, 1.165) is 0 Å². The molecule has 0 aliphatic carbocycles. The molecule has 2 aromatic carbocycles. The lowest BCUT2D eigenvalue weighted by Gasteiger charge is -2.16. The van der Waals surface area contributed by atoms with Crippen LogP contribution in [0.1, 0.15) is 6.92 Å². The van der Waals surface area contributed by atoms with Gasteiger partial charge in [-0.05, 0) is 25.1 Å². The summed E-state index contributed by atoms with van der Waals surface area (Å²) < 4.78 is 26.1. The molecule has 162 valence electrons. The van der Waals surface area contributed by atoms with Gasteiger partial charge in [0.15, 0.2) is 24.2 Å². The van der Waals surface area contributed by atoms with Gasteiger partial charge < -0.3 is 29.0 Å². The van der Waals surface area contributed by atoms with Gasteiger partial charge in [-0.15, -0.1) is 0 Å². The van der Waals surface area contributed by atoms with Crippen LogP contribution in [0.3, 0.4) is 0 Å². The Bertz CT molecular complexity index is 895. The zero-order chi connectivity index (χ0) is 22.3. The molecule has 30 heavy (non-hydrogen) atoms. The summed E-state index contributed by atoms with van der Waals surface area (Å²) in [7, 11) is 4.39. The number of carbonyl (C=O) groups is 2. The number of methoxy groups -OCH3 is 3. The van der Waals surface area contributed by atoms with E-state index in [2.05, 4.69) is 5.32 Å². The Hall–Kier alpha value is -2.84. The number of halogens is 2. The Morgan fingerprint density at radius 1 is 0.967 bits per heavy atom. The number of anilines is 1. The van der Waals surface area contributed by atoms with Crippen molar-refractivity contribution in [3.05, 3.63) is 40.4 Å². The van der Waals surface area contributed by atoms with Crippen molar-refractivity contribution in [2.75, 3.05) is 33.3 Å². The molecule has 1 atom stereocenters. The van der Waals surface area contributed by atoms with Crippen LogP contribution >= 0.6 is 23.2 Å². The third-order valence-corrected chi connectivity index (χ3v) is 4.35. The van der Waals surface area contributed by atoms with E-state index < -0.39 is 24.6 Å². The molecule has 1 amide bonds. The fraction of sp³-hybridized carbons (Fsp3) is 0.300. The summed E-state index contributed by atoms with van der Waals surface area (Å²) in [5, 5.41) is 3.28. The molecule has 0 aliphatic rings. The van der Waals surface area contributed by atoms with E-state index in [0.29, 0.717) is 28.0 Å². The molecule has 0 radical (unpaired) electrons. The summed E-state index contributed by atoms with van der Waals surface area (Å²) >= 11 is 11.8. The van der Waals surface area contributed by atoms with Crippen LogP contribution in [0.2, 0.25) is 10.0 Å². The first kappa shape index (κ1) is 23.4. The van der Waals surface area contributed by atoms with Crippen LogP contribution in [-0.2, 0) is 14.3 Å². The minimum Gasteiger partial charge on any atom is -0.493 e. The maximum atomic E-state index is 12.2. The molecule has 0 fully saturated rings.